The molecule has 4 nitrogen and oxygen atoms in total. The second-order valence-electron chi connectivity index (χ2n) is 3.24. The van der Waals surface area contributed by atoms with Gasteiger partial charge in [0.25, 0.3) is 0 Å². The molecule has 1 aromatic rings. The van der Waals surface area contributed by atoms with Gasteiger partial charge in [-0.3, -0.25) is 4.79 Å². The van der Waals surface area contributed by atoms with E-state index in [-0.39, 0.29) is 12.3 Å². The molecule has 4 heteroatoms. The summed E-state index contributed by atoms with van der Waals surface area (Å²) in [6.07, 6.45) is 0. The van der Waals surface area contributed by atoms with E-state index in [0.717, 1.165) is 5.56 Å². The zero-order chi connectivity index (χ0) is 10.7. The Hall–Kier alpha value is -1.68. The van der Waals surface area contributed by atoms with E-state index < -0.39 is 0 Å². The van der Waals surface area contributed by atoms with Crippen molar-refractivity contribution in [2.24, 2.45) is 10.7 Å². The molecule has 0 saturated carbocycles. The van der Waals surface area contributed by atoms with Gasteiger partial charge in [0.1, 0.15) is 6.61 Å². The molecule has 0 radical (unpaired) electrons. The van der Waals surface area contributed by atoms with Gasteiger partial charge in [-0.2, -0.15) is 0 Å². The number of benzene rings is 1. The lowest BCUT2D eigenvalue weighted by molar-refractivity contribution is 0.100. The first kappa shape index (κ1) is 9.86. The molecule has 2 N–H and O–H groups in total. The molecule has 15 heavy (non-hydrogen) atoms. The highest BCUT2D eigenvalue weighted by Crippen LogP contribution is 2.10. The Bertz CT molecular complexity index is 413. The number of ether oxygens (including phenoxy) is 1. The van der Waals surface area contributed by atoms with Gasteiger partial charge in [-0.15, -0.1) is 0 Å². The van der Waals surface area contributed by atoms with Crippen LogP contribution in [0.4, 0.5) is 0 Å². The molecule has 1 aliphatic heterocycles. The summed E-state index contributed by atoms with van der Waals surface area (Å²) in [4.78, 5) is 15.6. The fourth-order valence-electron chi connectivity index (χ4n) is 1.45. The minimum Gasteiger partial charge on any atom is -0.476 e. The zero-order valence-corrected chi connectivity index (χ0v) is 8.27. The summed E-state index contributed by atoms with van der Waals surface area (Å²) in [5, 5.41) is 0. The minimum atomic E-state index is -0.0737. The summed E-state index contributed by atoms with van der Waals surface area (Å²) in [5.74, 6) is 0.539. The number of Topliss-reactive ketones (excluding diaryl/α,β-unsaturated/α-hetero) is 1. The smallest absolute Gasteiger partial charge is 0.216 e. The molecule has 0 fully saturated rings. The molecule has 0 saturated heterocycles. The standard InChI is InChI=1S/C11H12N2O2/c12-7-10(14)8-2-1-3-9(6-8)11-13-4-5-15-11/h1-3,6H,4-5,7,12H2. The van der Waals surface area contributed by atoms with Crippen molar-refractivity contribution in [3.8, 4) is 0 Å². The first-order valence-corrected chi connectivity index (χ1v) is 4.82. The summed E-state index contributed by atoms with van der Waals surface area (Å²) in [6.45, 7) is 1.32. The molecule has 78 valence electrons. The van der Waals surface area contributed by atoms with Gasteiger partial charge >= 0.3 is 0 Å². The van der Waals surface area contributed by atoms with Gasteiger partial charge in [0.2, 0.25) is 5.90 Å². The number of carbonyl (C=O) groups is 1. The molecule has 0 bridgehead atoms. The van der Waals surface area contributed by atoms with Gasteiger partial charge < -0.3 is 10.5 Å². The van der Waals surface area contributed by atoms with Crippen LogP contribution < -0.4 is 5.73 Å². The number of ketones is 1. The highest BCUT2D eigenvalue weighted by atomic mass is 16.5. The molecule has 1 aliphatic rings. The van der Waals surface area contributed by atoms with Crippen molar-refractivity contribution in [1.29, 1.82) is 0 Å². The first-order chi connectivity index (χ1) is 7.31. The molecule has 0 atom stereocenters. The Labute approximate surface area is 87.8 Å². The molecule has 1 aromatic carbocycles. The molecule has 2 rings (SSSR count). The second-order valence-corrected chi connectivity index (χ2v) is 3.24. The summed E-state index contributed by atoms with van der Waals surface area (Å²) >= 11 is 0. The van der Waals surface area contributed by atoms with Crippen molar-refractivity contribution >= 4 is 11.7 Å². The van der Waals surface area contributed by atoms with E-state index in [4.69, 9.17) is 10.5 Å². The van der Waals surface area contributed by atoms with Gasteiger partial charge in [-0.1, -0.05) is 12.1 Å². The third-order valence-corrected chi connectivity index (χ3v) is 2.20. The predicted molar refractivity (Wildman–Crippen MR) is 57.2 cm³/mol. The Balaban J connectivity index is 2.30. The number of rotatable bonds is 3. The molecule has 0 aromatic heterocycles. The maximum Gasteiger partial charge on any atom is 0.216 e. The van der Waals surface area contributed by atoms with E-state index in [2.05, 4.69) is 4.99 Å². The highest BCUT2D eigenvalue weighted by molar-refractivity contribution is 6.01. The topological polar surface area (TPSA) is 64.7 Å². The Morgan fingerprint density at radius 1 is 1.53 bits per heavy atom. The Morgan fingerprint density at radius 2 is 2.40 bits per heavy atom. The van der Waals surface area contributed by atoms with Crippen LogP contribution in [0.25, 0.3) is 0 Å². The van der Waals surface area contributed by atoms with Gasteiger partial charge in [0.05, 0.1) is 13.1 Å². The average Bonchev–Trinajstić information content (AvgIpc) is 2.82. The van der Waals surface area contributed by atoms with Crippen LogP contribution in [0.2, 0.25) is 0 Å². The van der Waals surface area contributed by atoms with Gasteiger partial charge in [-0.05, 0) is 12.1 Å². The Kier molecular flexibility index (Phi) is 2.78. The number of hydrogen-bond acceptors (Lipinski definition) is 4. The molecule has 0 spiro atoms. The van der Waals surface area contributed by atoms with Crippen molar-refractivity contribution in [3.05, 3.63) is 35.4 Å². The van der Waals surface area contributed by atoms with E-state index >= 15 is 0 Å². The lowest BCUT2D eigenvalue weighted by Crippen LogP contribution is -2.14. The normalized spacial score (nSPS) is 14.6. The lowest BCUT2D eigenvalue weighted by Gasteiger charge is -2.03. The average molecular weight is 204 g/mol. The molecule has 0 aliphatic carbocycles. The van der Waals surface area contributed by atoms with Crippen LogP contribution in [0.5, 0.6) is 0 Å². The van der Waals surface area contributed by atoms with E-state index in [9.17, 15) is 4.79 Å². The van der Waals surface area contributed by atoms with Crippen LogP contribution in [0.15, 0.2) is 29.3 Å². The predicted octanol–water partition coefficient (Wildman–Crippen LogP) is 0.605. The number of nitrogens with zero attached hydrogens (tertiary/aromatic N) is 1. The van der Waals surface area contributed by atoms with Crippen LogP contribution in [0.3, 0.4) is 0 Å². The van der Waals surface area contributed by atoms with Crippen LogP contribution in [-0.4, -0.2) is 31.4 Å². The minimum absolute atomic E-state index is 0.0246. The van der Waals surface area contributed by atoms with E-state index in [1.54, 1.807) is 12.1 Å². The van der Waals surface area contributed by atoms with Crippen molar-refractivity contribution in [2.45, 2.75) is 0 Å². The second kappa shape index (κ2) is 4.23. The lowest BCUT2D eigenvalue weighted by atomic mass is 10.1. The first-order valence-electron chi connectivity index (χ1n) is 4.82. The van der Waals surface area contributed by atoms with Crippen molar-refractivity contribution in [2.75, 3.05) is 19.7 Å². The SMILES string of the molecule is NCC(=O)c1cccc(C2=NCCO2)c1. The third kappa shape index (κ3) is 2.05. The molecule has 0 unspecified atom stereocenters. The van der Waals surface area contributed by atoms with Crippen LogP contribution >= 0.6 is 0 Å². The number of aliphatic imine (C=N–C) groups is 1. The fraction of sp³-hybridized carbons (Fsp3) is 0.273. The van der Waals surface area contributed by atoms with Crippen molar-refractivity contribution in [3.63, 3.8) is 0 Å². The Morgan fingerprint density at radius 3 is 3.07 bits per heavy atom. The third-order valence-electron chi connectivity index (χ3n) is 2.20. The van der Waals surface area contributed by atoms with Gasteiger partial charge in [0.15, 0.2) is 5.78 Å². The molecular formula is C11H12N2O2. The quantitative estimate of drug-likeness (QED) is 0.733. The highest BCUT2D eigenvalue weighted by Gasteiger charge is 2.12. The van der Waals surface area contributed by atoms with E-state index in [0.29, 0.717) is 24.6 Å². The maximum absolute atomic E-state index is 11.4. The number of hydrogen-bond donors (Lipinski definition) is 1. The largest absolute Gasteiger partial charge is 0.476 e. The fourth-order valence-corrected chi connectivity index (χ4v) is 1.45. The van der Waals surface area contributed by atoms with Crippen molar-refractivity contribution < 1.29 is 9.53 Å². The van der Waals surface area contributed by atoms with Crippen LogP contribution in [0, 0.1) is 0 Å². The summed E-state index contributed by atoms with van der Waals surface area (Å²) in [7, 11) is 0. The van der Waals surface area contributed by atoms with Gasteiger partial charge in [-0.25, -0.2) is 4.99 Å². The summed E-state index contributed by atoms with van der Waals surface area (Å²) in [5.41, 5.74) is 6.74. The van der Waals surface area contributed by atoms with Crippen molar-refractivity contribution in [1.82, 2.24) is 0 Å². The number of carbonyl (C=O) groups excluding carboxylic acids is 1. The monoisotopic (exact) mass is 204 g/mol. The van der Waals surface area contributed by atoms with Crippen LogP contribution in [0.1, 0.15) is 15.9 Å². The molecule has 1 heterocycles. The van der Waals surface area contributed by atoms with E-state index in [1.165, 1.54) is 0 Å². The van der Waals surface area contributed by atoms with E-state index in [1.807, 2.05) is 12.1 Å². The van der Waals surface area contributed by atoms with Crippen LogP contribution in [-0.2, 0) is 4.74 Å². The molecular weight excluding hydrogens is 192 g/mol. The summed E-state index contributed by atoms with van der Waals surface area (Å²) in [6, 6.07) is 7.19. The number of nitrogens with two attached hydrogens (primary N) is 1. The molecule has 0 amide bonds. The maximum atomic E-state index is 11.4. The summed E-state index contributed by atoms with van der Waals surface area (Å²) < 4.78 is 5.31. The van der Waals surface area contributed by atoms with Gasteiger partial charge in [0, 0.05) is 11.1 Å². The zero-order valence-electron chi connectivity index (χ0n) is 8.27.